The zero-order chi connectivity index (χ0) is 32.0. The normalized spacial score (nSPS) is 19.0. The van der Waals surface area contributed by atoms with E-state index in [-0.39, 0.29) is 28.1 Å². The van der Waals surface area contributed by atoms with Gasteiger partial charge in [-0.3, -0.25) is 10.1 Å². The molecule has 0 saturated carbocycles. The fourth-order valence-electron chi connectivity index (χ4n) is 5.83. The van der Waals surface area contributed by atoms with Gasteiger partial charge >= 0.3 is 0 Å². The van der Waals surface area contributed by atoms with E-state index in [1.807, 2.05) is 83.1 Å². The molecular weight excluding hydrogens is 560 g/mol. The van der Waals surface area contributed by atoms with E-state index in [1.54, 1.807) is 6.07 Å². The van der Waals surface area contributed by atoms with Gasteiger partial charge < -0.3 is 4.74 Å². The smallest absolute Gasteiger partial charge is 0.273 e. The SMILES string of the molecule is Cc1cccc([C@@H]2Oc3ccc(C(C)(C)C)cc3[C@@H](NS(=O)(=O)c3c(C(C)C)cc(C(C)C)cc3C(C)C)[C@H]2[N+](=O)[O-])c1. The number of nitro groups is 1. The first-order valence-electron chi connectivity index (χ1n) is 15.1. The highest BCUT2D eigenvalue weighted by Gasteiger charge is 2.50. The quantitative estimate of drug-likeness (QED) is 0.205. The third-order valence-corrected chi connectivity index (χ3v) is 9.93. The molecule has 3 aromatic rings. The molecule has 0 fully saturated rings. The molecule has 0 spiro atoms. The Morgan fingerprint density at radius 3 is 1.98 bits per heavy atom. The summed E-state index contributed by atoms with van der Waals surface area (Å²) < 4.78 is 38.5. The molecule has 8 heteroatoms. The molecule has 3 aromatic carbocycles. The fourth-order valence-corrected chi connectivity index (χ4v) is 7.76. The predicted octanol–water partition coefficient (Wildman–Crippen LogP) is 8.46. The Labute approximate surface area is 257 Å². The van der Waals surface area contributed by atoms with Crippen LogP contribution in [0.3, 0.4) is 0 Å². The second-order valence-electron chi connectivity index (χ2n) is 13.8. The lowest BCUT2D eigenvalue weighted by Gasteiger charge is -2.36. The van der Waals surface area contributed by atoms with Gasteiger partial charge in [-0.05, 0) is 70.0 Å². The van der Waals surface area contributed by atoms with Gasteiger partial charge in [0.05, 0.1) is 4.90 Å². The minimum Gasteiger partial charge on any atom is -0.478 e. The molecule has 232 valence electrons. The van der Waals surface area contributed by atoms with Gasteiger partial charge in [-0.25, -0.2) is 8.42 Å². The Morgan fingerprint density at radius 2 is 1.49 bits per heavy atom. The molecular formula is C35H46N2O5S. The van der Waals surface area contributed by atoms with Gasteiger partial charge in [-0.1, -0.05) is 110 Å². The van der Waals surface area contributed by atoms with Crippen LogP contribution in [0.4, 0.5) is 0 Å². The predicted molar refractivity (Wildman–Crippen MR) is 172 cm³/mol. The van der Waals surface area contributed by atoms with E-state index in [9.17, 15) is 18.5 Å². The third kappa shape index (κ3) is 6.65. The molecule has 1 aliphatic heterocycles. The number of nitrogens with zero attached hydrogens (tertiary/aromatic N) is 1. The van der Waals surface area contributed by atoms with Crippen molar-refractivity contribution in [2.75, 3.05) is 0 Å². The van der Waals surface area contributed by atoms with Crippen LogP contribution in [-0.4, -0.2) is 19.4 Å². The number of ether oxygens (including phenoxy) is 1. The molecule has 43 heavy (non-hydrogen) atoms. The number of nitrogens with one attached hydrogen (secondary N) is 1. The zero-order valence-corrected chi connectivity index (χ0v) is 27.9. The molecule has 0 amide bonds. The standard InChI is InChI=1S/C35H46N2O5S/c1-20(2)25-17-27(21(3)4)34(28(18-25)22(5)6)43(40,41)36-31-29-19-26(35(8,9)10)14-15-30(29)42-33(32(31)37(38)39)24-13-11-12-23(7)16-24/h11-22,31-33,36H,1-10H3/t31-,32-,33+/m1/s1. The van der Waals surface area contributed by atoms with Gasteiger partial charge in [0, 0.05) is 10.5 Å². The Hall–Kier alpha value is -3.23. The molecule has 0 radical (unpaired) electrons. The number of sulfonamides is 1. The Balaban J connectivity index is 1.98. The summed E-state index contributed by atoms with van der Waals surface area (Å²) in [4.78, 5) is 12.7. The van der Waals surface area contributed by atoms with Crippen molar-refractivity contribution in [2.24, 2.45) is 0 Å². The summed E-state index contributed by atoms with van der Waals surface area (Å²) in [5, 5.41) is 12.9. The molecule has 1 aliphatic rings. The molecule has 0 aliphatic carbocycles. The van der Waals surface area contributed by atoms with Crippen molar-refractivity contribution in [3.8, 4) is 5.75 Å². The summed E-state index contributed by atoms with van der Waals surface area (Å²) in [7, 11) is -4.23. The minimum atomic E-state index is -4.23. The molecule has 7 nitrogen and oxygen atoms in total. The number of hydrogen-bond acceptors (Lipinski definition) is 5. The van der Waals surface area contributed by atoms with Gasteiger partial charge in [-0.2, -0.15) is 4.72 Å². The van der Waals surface area contributed by atoms with E-state index in [4.69, 9.17) is 4.74 Å². The Morgan fingerprint density at radius 1 is 0.884 bits per heavy atom. The highest BCUT2D eigenvalue weighted by atomic mass is 32.2. The maximum atomic E-state index is 14.6. The molecule has 1 N–H and O–H groups in total. The summed E-state index contributed by atoms with van der Waals surface area (Å²) in [5.41, 5.74) is 5.20. The van der Waals surface area contributed by atoms with E-state index < -0.39 is 33.1 Å². The largest absolute Gasteiger partial charge is 0.478 e. The molecule has 3 atom stereocenters. The van der Waals surface area contributed by atoms with Crippen LogP contribution in [0.15, 0.2) is 59.5 Å². The maximum Gasteiger partial charge on any atom is 0.273 e. The molecule has 1 heterocycles. The lowest BCUT2D eigenvalue weighted by atomic mass is 9.82. The average molecular weight is 607 g/mol. The molecule has 0 unspecified atom stereocenters. The average Bonchev–Trinajstić information content (AvgIpc) is 2.90. The van der Waals surface area contributed by atoms with Crippen LogP contribution in [0.25, 0.3) is 0 Å². The van der Waals surface area contributed by atoms with Crippen molar-refractivity contribution in [3.05, 3.63) is 104 Å². The van der Waals surface area contributed by atoms with Crippen LogP contribution in [0.5, 0.6) is 5.75 Å². The second-order valence-corrected chi connectivity index (χ2v) is 15.5. The molecule has 0 bridgehead atoms. The topological polar surface area (TPSA) is 98.5 Å². The first-order valence-corrected chi connectivity index (χ1v) is 16.6. The van der Waals surface area contributed by atoms with Crippen LogP contribution in [0.2, 0.25) is 0 Å². The fraction of sp³-hybridized carbons (Fsp3) is 0.486. The first kappa shape index (κ1) is 32.7. The number of rotatable bonds is 8. The van der Waals surface area contributed by atoms with Gasteiger partial charge in [0.1, 0.15) is 11.8 Å². The summed E-state index contributed by atoms with van der Waals surface area (Å²) in [6.07, 6.45) is -0.993. The monoisotopic (exact) mass is 606 g/mol. The van der Waals surface area contributed by atoms with Gasteiger partial charge in [0.25, 0.3) is 6.04 Å². The highest BCUT2D eigenvalue weighted by Crippen LogP contribution is 2.45. The number of benzene rings is 3. The van der Waals surface area contributed by atoms with Crippen molar-refractivity contribution in [2.45, 2.75) is 115 Å². The van der Waals surface area contributed by atoms with Gasteiger partial charge in [0.2, 0.25) is 10.0 Å². The summed E-state index contributed by atoms with van der Waals surface area (Å²) in [6, 6.07) is 14.4. The lowest BCUT2D eigenvalue weighted by molar-refractivity contribution is -0.541. The molecule has 0 aromatic heterocycles. The summed E-state index contributed by atoms with van der Waals surface area (Å²) in [5.74, 6) is 0.493. The van der Waals surface area contributed by atoms with Crippen molar-refractivity contribution in [1.29, 1.82) is 0 Å². The van der Waals surface area contributed by atoms with Gasteiger partial charge in [-0.15, -0.1) is 0 Å². The number of hydrogen-bond donors (Lipinski definition) is 1. The first-order chi connectivity index (χ1) is 19.9. The van der Waals surface area contributed by atoms with Crippen LogP contribution in [0.1, 0.15) is 131 Å². The van der Waals surface area contributed by atoms with E-state index in [0.717, 1.165) is 16.7 Å². The second kappa shape index (κ2) is 12.0. The maximum absolute atomic E-state index is 14.6. The summed E-state index contributed by atoms with van der Waals surface area (Å²) in [6.45, 7) is 20.2. The summed E-state index contributed by atoms with van der Waals surface area (Å²) >= 11 is 0. The van der Waals surface area contributed by atoms with E-state index in [2.05, 4.69) is 39.3 Å². The van der Waals surface area contributed by atoms with Crippen LogP contribution in [0, 0.1) is 17.0 Å². The van der Waals surface area contributed by atoms with Crippen LogP contribution < -0.4 is 9.46 Å². The number of aryl methyl sites for hydroxylation is 1. The lowest BCUT2D eigenvalue weighted by Crippen LogP contribution is -2.48. The Kier molecular flexibility index (Phi) is 9.15. The molecule has 4 rings (SSSR count). The zero-order valence-electron chi connectivity index (χ0n) is 27.1. The van der Waals surface area contributed by atoms with Crippen molar-refractivity contribution in [1.82, 2.24) is 4.72 Å². The van der Waals surface area contributed by atoms with E-state index in [0.29, 0.717) is 28.0 Å². The number of fused-ring (bicyclic) bond motifs is 1. The van der Waals surface area contributed by atoms with Gasteiger partial charge in [0.15, 0.2) is 6.10 Å². The van der Waals surface area contributed by atoms with E-state index >= 15 is 0 Å². The molecule has 0 saturated heterocycles. The Bertz CT molecular complexity index is 1590. The van der Waals surface area contributed by atoms with Crippen molar-refractivity contribution >= 4 is 10.0 Å². The van der Waals surface area contributed by atoms with Crippen LogP contribution >= 0.6 is 0 Å². The van der Waals surface area contributed by atoms with Crippen LogP contribution in [-0.2, 0) is 15.4 Å². The van der Waals surface area contributed by atoms with Crippen molar-refractivity contribution < 1.29 is 18.1 Å². The van der Waals surface area contributed by atoms with Crippen molar-refractivity contribution in [3.63, 3.8) is 0 Å². The third-order valence-electron chi connectivity index (χ3n) is 8.36. The highest BCUT2D eigenvalue weighted by molar-refractivity contribution is 7.89. The van der Waals surface area contributed by atoms with E-state index in [1.165, 1.54) is 0 Å². The minimum absolute atomic E-state index is 0.0800.